The van der Waals surface area contributed by atoms with Gasteiger partial charge in [-0.3, -0.25) is 9.59 Å². The van der Waals surface area contributed by atoms with E-state index in [1.165, 1.54) is 0 Å². The molecule has 2 atom stereocenters. The van der Waals surface area contributed by atoms with Gasteiger partial charge in [0.05, 0.1) is 0 Å². The second-order valence-electron chi connectivity index (χ2n) is 4.65. The zero-order chi connectivity index (χ0) is 13.2. The third-order valence-electron chi connectivity index (χ3n) is 3.56. The Balaban J connectivity index is 1.98. The Morgan fingerprint density at radius 3 is 2.56 bits per heavy atom. The Morgan fingerprint density at radius 1 is 1.39 bits per heavy atom. The Bertz CT molecular complexity index is 454. The highest BCUT2D eigenvalue weighted by atomic mass is 16.5. The van der Waals surface area contributed by atoms with Gasteiger partial charge in [-0.2, -0.15) is 0 Å². The van der Waals surface area contributed by atoms with E-state index in [4.69, 9.17) is 4.74 Å². The van der Waals surface area contributed by atoms with Crippen molar-refractivity contribution >= 4 is 11.9 Å². The summed E-state index contributed by atoms with van der Waals surface area (Å²) >= 11 is 0. The van der Waals surface area contributed by atoms with E-state index < -0.39 is 17.4 Å². The summed E-state index contributed by atoms with van der Waals surface area (Å²) in [6.45, 7) is 2.02. The SMILES string of the molecule is CC[C@H]1C[C@@]1(C(=O)O)C(=O)OCc1ccccc1. The van der Waals surface area contributed by atoms with E-state index in [9.17, 15) is 14.7 Å². The molecule has 0 aromatic heterocycles. The zero-order valence-corrected chi connectivity index (χ0v) is 10.3. The number of ether oxygens (including phenoxy) is 1. The van der Waals surface area contributed by atoms with Crippen LogP contribution >= 0.6 is 0 Å². The summed E-state index contributed by atoms with van der Waals surface area (Å²) < 4.78 is 5.13. The maximum atomic E-state index is 11.9. The standard InChI is InChI=1S/C14H16O4/c1-2-11-8-14(11,12(15)16)13(17)18-9-10-6-4-3-5-7-10/h3-7,11H,2,8-9H2,1H3,(H,15,16)/t11-,14+/m0/s1. The van der Waals surface area contributed by atoms with Crippen LogP contribution < -0.4 is 0 Å². The van der Waals surface area contributed by atoms with Gasteiger partial charge in [0, 0.05) is 0 Å². The van der Waals surface area contributed by atoms with Gasteiger partial charge in [-0.15, -0.1) is 0 Å². The average molecular weight is 248 g/mol. The third-order valence-corrected chi connectivity index (χ3v) is 3.56. The number of hydrogen-bond donors (Lipinski definition) is 1. The van der Waals surface area contributed by atoms with E-state index >= 15 is 0 Å². The fourth-order valence-electron chi connectivity index (χ4n) is 2.27. The van der Waals surface area contributed by atoms with Crippen molar-refractivity contribution in [3.63, 3.8) is 0 Å². The number of carboxylic acid groups (broad SMARTS) is 1. The third kappa shape index (κ3) is 2.10. The number of benzene rings is 1. The first-order valence-corrected chi connectivity index (χ1v) is 6.05. The van der Waals surface area contributed by atoms with Gasteiger partial charge in [0.15, 0.2) is 5.41 Å². The number of aliphatic carboxylic acids is 1. The molecular weight excluding hydrogens is 232 g/mol. The molecule has 1 saturated carbocycles. The van der Waals surface area contributed by atoms with Crippen LogP contribution in [-0.4, -0.2) is 17.0 Å². The number of hydrogen-bond acceptors (Lipinski definition) is 3. The van der Waals surface area contributed by atoms with Crippen molar-refractivity contribution in [2.75, 3.05) is 0 Å². The molecule has 1 aliphatic rings. The summed E-state index contributed by atoms with van der Waals surface area (Å²) in [4.78, 5) is 23.1. The quantitative estimate of drug-likeness (QED) is 0.641. The van der Waals surface area contributed by atoms with Gasteiger partial charge in [-0.25, -0.2) is 0 Å². The second kappa shape index (κ2) is 4.80. The van der Waals surface area contributed by atoms with Gasteiger partial charge in [0.1, 0.15) is 6.61 Å². The van der Waals surface area contributed by atoms with Crippen LogP contribution in [-0.2, 0) is 20.9 Å². The van der Waals surface area contributed by atoms with Crippen molar-refractivity contribution in [1.29, 1.82) is 0 Å². The van der Waals surface area contributed by atoms with Crippen molar-refractivity contribution in [1.82, 2.24) is 0 Å². The minimum absolute atomic E-state index is 0.0849. The summed E-state index contributed by atoms with van der Waals surface area (Å²) in [7, 11) is 0. The van der Waals surface area contributed by atoms with Crippen LogP contribution in [0.4, 0.5) is 0 Å². The van der Waals surface area contributed by atoms with Crippen molar-refractivity contribution in [2.24, 2.45) is 11.3 Å². The lowest BCUT2D eigenvalue weighted by atomic mass is 10.0. The van der Waals surface area contributed by atoms with Gasteiger partial charge in [0.25, 0.3) is 0 Å². The highest BCUT2D eigenvalue weighted by Crippen LogP contribution is 2.55. The second-order valence-corrected chi connectivity index (χ2v) is 4.65. The average Bonchev–Trinajstić information content (AvgIpc) is 3.13. The van der Waals surface area contributed by atoms with E-state index in [2.05, 4.69) is 0 Å². The lowest BCUT2D eigenvalue weighted by Crippen LogP contribution is -2.29. The molecule has 0 spiro atoms. The van der Waals surface area contributed by atoms with E-state index in [1.807, 2.05) is 37.3 Å². The topological polar surface area (TPSA) is 63.6 Å². The maximum Gasteiger partial charge on any atom is 0.324 e. The molecule has 1 fully saturated rings. The van der Waals surface area contributed by atoms with Crippen LogP contribution in [0, 0.1) is 11.3 Å². The molecule has 0 radical (unpaired) electrons. The van der Waals surface area contributed by atoms with Crippen LogP contribution in [0.15, 0.2) is 30.3 Å². The van der Waals surface area contributed by atoms with Crippen molar-refractivity contribution in [3.8, 4) is 0 Å². The fourth-order valence-corrected chi connectivity index (χ4v) is 2.27. The van der Waals surface area contributed by atoms with Crippen LogP contribution in [0.5, 0.6) is 0 Å². The summed E-state index contributed by atoms with van der Waals surface area (Å²) in [5.74, 6) is -1.75. The van der Waals surface area contributed by atoms with E-state index in [1.54, 1.807) is 0 Å². The molecule has 4 heteroatoms. The monoisotopic (exact) mass is 248 g/mol. The largest absolute Gasteiger partial charge is 0.480 e. The minimum atomic E-state index is -1.29. The van der Waals surface area contributed by atoms with Gasteiger partial charge >= 0.3 is 11.9 Å². The summed E-state index contributed by atoms with van der Waals surface area (Å²) in [6.07, 6.45) is 1.08. The van der Waals surface area contributed by atoms with E-state index in [0.29, 0.717) is 12.8 Å². The Kier molecular flexibility index (Phi) is 3.36. The zero-order valence-electron chi connectivity index (χ0n) is 10.3. The smallest absolute Gasteiger partial charge is 0.324 e. The van der Waals surface area contributed by atoms with Gasteiger partial charge in [-0.1, -0.05) is 43.7 Å². The molecule has 1 aromatic rings. The first-order chi connectivity index (χ1) is 8.61. The molecule has 0 aliphatic heterocycles. The molecule has 0 unspecified atom stereocenters. The molecule has 4 nitrogen and oxygen atoms in total. The summed E-state index contributed by atoms with van der Waals surface area (Å²) in [6, 6.07) is 9.25. The number of carbonyl (C=O) groups is 2. The number of carboxylic acids is 1. The van der Waals surface area contributed by atoms with Crippen LogP contribution in [0.1, 0.15) is 25.3 Å². The van der Waals surface area contributed by atoms with Crippen molar-refractivity contribution in [3.05, 3.63) is 35.9 Å². The van der Waals surface area contributed by atoms with Gasteiger partial charge in [-0.05, 0) is 17.9 Å². The maximum absolute atomic E-state index is 11.9. The molecule has 1 N–H and O–H groups in total. The normalized spacial score (nSPS) is 25.5. The van der Waals surface area contributed by atoms with Crippen molar-refractivity contribution in [2.45, 2.75) is 26.4 Å². The minimum Gasteiger partial charge on any atom is -0.480 e. The number of esters is 1. The molecule has 1 aromatic carbocycles. The van der Waals surface area contributed by atoms with E-state index in [0.717, 1.165) is 5.56 Å². The Morgan fingerprint density at radius 2 is 2.06 bits per heavy atom. The molecule has 0 saturated heterocycles. The predicted molar refractivity (Wildman–Crippen MR) is 64.7 cm³/mol. The number of carbonyl (C=O) groups excluding carboxylic acids is 1. The number of rotatable bonds is 5. The molecule has 1 aliphatic carbocycles. The summed E-state index contributed by atoms with van der Waals surface area (Å²) in [5, 5.41) is 9.17. The van der Waals surface area contributed by atoms with Crippen LogP contribution in [0.2, 0.25) is 0 Å². The lowest BCUT2D eigenvalue weighted by Gasteiger charge is -2.11. The fraction of sp³-hybridized carbons (Fsp3) is 0.429. The first-order valence-electron chi connectivity index (χ1n) is 6.05. The predicted octanol–water partition coefficient (Wildman–Crippen LogP) is 2.23. The molecule has 2 rings (SSSR count). The van der Waals surface area contributed by atoms with Crippen LogP contribution in [0.25, 0.3) is 0 Å². The molecule has 0 amide bonds. The summed E-state index contributed by atoms with van der Waals surface area (Å²) in [5.41, 5.74) is -0.427. The Hall–Kier alpha value is -1.84. The molecule has 0 bridgehead atoms. The molecule has 0 heterocycles. The highest BCUT2D eigenvalue weighted by molar-refractivity contribution is 6.02. The first kappa shape index (κ1) is 12.6. The van der Waals surface area contributed by atoms with Crippen LogP contribution in [0.3, 0.4) is 0 Å². The lowest BCUT2D eigenvalue weighted by molar-refractivity contribution is -0.163. The molecule has 96 valence electrons. The van der Waals surface area contributed by atoms with E-state index in [-0.39, 0.29) is 12.5 Å². The van der Waals surface area contributed by atoms with Crippen molar-refractivity contribution < 1.29 is 19.4 Å². The molecule has 18 heavy (non-hydrogen) atoms. The van der Waals surface area contributed by atoms with Gasteiger partial charge < -0.3 is 9.84 Å². The Labute approximate surface area is 106 Å². The van der Waals surface area contributed by atoms with Gasteiger partial charge in [0.2, 0.25) is 0 Å². The molecular formula is C14H16O4. The highest BCUT2D eigenvalue weighted by Gasteiger charge is 2.66.